The number of benzene rings is 1. The average Bonchev–Trinajstić information content (AvgIpc) is 2.41. The molecule has 1 aromatic rings. The largest absolute Gasteiger partial charge is 0.496 e. The zero-order chi connectivity index (χ0) is 15.2. The number of aliphatic hydroxyl groups is 1. The number of hydrogen-bond acceptors (Lipinski definition) is 3. The van der Waals surface area contributed by atoms with Gasteiger partial charge in [-0.3, -0.25) is 4.79 Å². The molecule has 0 aliphatic heterocycles. The normalized spacial score (nSPS) is 14.6. The van der Waals surface area contributed by atoms with E-state index in [-0.39, 0.29) is 12.5 Å². The third kappa shape index (κ3) is 3.97. The quantitative estimate of drug-likeness (QED) is 0.838. The fourth-order valence-corrected chi connectivity index (χ4v) is 2.76. The van der Waals surface area contributed by atoms with Crippen LogP contribution in [0.15, 0.2) is 18.2 Å². The van der Waals surface area contributed by atoms with E-state index < -0.39 is 0 Å². The van der Waals surface area contributed by atoms with E-state index >= 15 is 0 Å². The zero-order valence-electron chi connectivity index (χ0n) is 13.0. The maximum atomic E-state index is 12.6. The molecule has 21 heavy (non-hydrogen) atoms. The Morgan fingerprint density at radius 1 is 1.43 bits per heavy atom. The van der Waals surface area contributed by atoms with Crippen molar-refractivity contribution in [2.45, 2.75) is 45.1 Å². The van der Waals surface area contributed by atoms with E-state index in [9.17, 15) is 4.79 Å². The lowest BCUT2D eigenvalue weighted by Crippen LogP contribution is -2.45. The van der Waals surface area contributed by atoms with Gasteiger partial charge in [-0.15, -0.1) is 0 Å². The molecule has 1 aliphatic rings. The Labute approximate surface area is 126 Å². The number of hydrogen-bond donors (Lipinski definition) is 1. The molecule has 1 aromatic carbocycles. The summed E-state index contributed by atoms with van der Waals surface area (Å²) in [6.07, 6.45) is 4.38. The predicted molar refractivity (Wildman–Crippen MR) is 82.5 cm³/mol. The summed E-state index contributed by atoms with van der Waals surface area (Å²) in [4.78, 5) is 14.6. The molecule has 0 atom stereocenters. The number of methoxy groups -OCH3 is 1. The number of rotatable bonds is 7. The van der Waals surface area contributed by atoms with Crippen LogP contribution in [0.2, 0.25) is 0 Å². The zero-order valence-corrected chi connectivity index (χ0v) is 13.0. The molecule has 0 saturated heterocycles. The summed E-state index contributed by atoms with van der Waals surface area (Å²) in [6.45, 7) is 2.79. The molecule has 1 N–H and O–H groups in total. The van der Waals surface area contributed by atoms with Gasteiger partial charge in [-0.25, -0.2) is 0 Å². The molecule has 0 spiro atoms. The van der Waals surface area contributed by atoms with Crippen LogP contribution in [-0.4, -0.2) is 42.2 Å². The van der Waals surface area contributed by atoms with Crippen LogP contribution in [0.5, 0.6) is 5.75 Å². The standard InChI is InChI=1S/C17H25NO3/c1-13-7-8-16(21-2)14(11-13)12-17(20)18(9-4-10-19)15-5-3-6-15/h7-8,11,15,19H,3-6,9-10,12H2,1-2H3. The maximum Gasteiger partial charge on any atom is 0.227 e. The SMILES string of the molecule is COc1ccc(C)cc1CC(=O)N(CCCO)C1CCC1. The number of ether oxygens (including phenoxy) is 1. The Kier molecular flexibility index (Phi) is 5.62. The Hall–Kier alpha value is -1.55. The van der Waals surface area contributed by atoms with Gasteiger partial charge in [-0.05, 0) is 38.7 Å². The van der Waals surface area contributed by atoms with Crippen LogP contribution in [0, 0.1) is 6.92 Å². The highest BCUT2D eigenvalue weighted by Crippen LogP contribution is 2.27. The van der Waals surface area contributed by atoms with Crippen molar-refractivity contribution in [3.8, 4) is 5.75 Å². The fourth-order valence-electron chi connectivity index (χ4n) is 2.76. The van der Waals surface area contributed by atoms with E-state index in [0.29, 0.717) is 25.4 Å². The van der Waals surface area contributed by atoms with Gasteiger partial charge in [0.1, 0.15) is 5.75 Å². The third-order valence-corrected chi connectivity index (χ3v) is 4.17. The van der Waals surface area contributed by atoms with Crippen molar-refractivity contribution in [3.63, 3.8) is 0 Å². The Morgan fingerprint density at radius 2 is 2.19 bits per heavy atom. The summed E-state index contributed by atoms with van der Waals surface area (Å²) in [6, 6.07) is 6.28. The molecule has 116 valence electrons. The van der Waals surface area contributed by atoms with Gasteiger partial charge >= 0.3 is 0 Å². The Bertz CT molecular complexity index is 483. The van der Waals surface area contributed by atoms with Crippen LogP contribution in [0.25, 0.3) is 0 Å². The van der Waals surface area contributed by atoms with E-state index in [2.05, 4.69) is 0 Å². The molecule has 1 saturated carbocycles. The van der Waals surface area contributed by atoms with Gasteiger partial charge in [0.15, 0.2) is 0 Å². The van der Waals surface area contributed by atoms with Gasteiger partial charge in [0.2, 0.25) is 5.91 Å². The summed E-state index contributed by atoms with van der Waals surface area (Å²) < 4.78 is 5.35. The third-order valence-electron chi connectivity index (χ3n) is 4.17. The molecule has 4 heteroatoms. The molecule has 1 fully saturated rings. The van der Waals surface area contributed by atoms with Crippen LogP contribution >= 0.6 is 0 Å². The average molecular weight is 291 g/mol. The molecule has 1 amide bonds. The van der Waals surface area contributed by atoms with E-state index in [0.717, 1.165) is 29.7 Å². The highest BCUT2D eigenvalue weighted by molar-refractivity contribution is 5.80. The van der Waals surface area contributed by atoms with Gasteiger partial charge in [-0.1, -0.05) is 17.7 Å². The van der Waals surface area contributed by atoms with Gasteiger partial charge in [0, 0.05) is 24.8 Å². The van der Waals surface area contributed by atoms with E-state index in [1.54, 1.807) is 7.11 Å². The minimum Gasteiger partial charge on any atom is -0.496 e. The van der Waals surface area contributed by atoms with E-state index in [1.165, 1.54) is 6.42 Å². The molecule has 0 radical (unpaired) electrons. The van der Waals surface area contributed by atoms with E-state index in [4.69, 9.17) is 9.84 Å². The first-order chi connectivity index (χ1) is 10.2. The van der Waals surface area contributed by atoms with Crippen LogP contribution in [0.3, 0.4) is 0 Å². The van der Waals surface area contributed by atoms with Crippen molar-refractivity contribution in [3.05, 3.63) is 29.3 Å². The second-order valence-electron chi connectivity index (χ2n) is 5.74. The van der Waals surface area contributed by atoms with Gasteiger partial charge in [-0.2, -0.15) is 0 Å². The molecular weight excluding hydrogens is 266 g/mol. The van der Waals surface area contributed by atoms with Gasteiger partial charge in [0.25, 0.3) is 0 Å². The van der Waals surface area contributed by atoms with E-state index in [1.807, 2.05) is 30.0 Å². The molecule has 0 aromatic heterocycles. The minimum absolute atomic E-state index is 0.129. The molecular formula is C17H25NO3. The second kappa shape index (κ2) is 7.46. The fraction of sp³-hybridized carbons (Fsp3) is 0.588. The summed E-state index contributed by atoms with van der Waals surface area (Å²) in [7, 11) is 1.63. The van der Waals surface area contributed by atoms with Crippen molar-refractivity contribution in [2.24, 2.45) is 0 Å². The monoisotopic (exact) mass is 291 g/mol. The highest BCUT2D eigenvalue weighted by Gasteiger charge is 2.28. The highest BCUT2D eigenvalue weighted by atomic mass is 16.5. The first-order valence-electron chi connectivity index (χ1n) is 7.69. The first-order valence-corrected chi connectivity index (χ1v) is 7.69. The molecule has 4 nitrogen and oxygen atoms in total. The van der Waals surface area contributed by atoms with Crippen LogP contribution in [0.1, 0.15) is 36.8 Å². The molecule has 1 aliphatic carbocycles. The summed E-state index contributed by atoms with van der Waals surface area (Å²) in [5, 5.41) is 9.02. The lowest BCUT2D eigenvalue weighted by atomic mass is 9.90. The minimum atomic E-state index is 0.129. The van der Waals surface area contributed by atoms with Crippen molar-refractivity contribution < 1.29 is 14.6 Å². The number of carbonyl (C=O) groups is 1. The van der Waals surface area contributed by atoms with Gasteiger partial charge in [0.05, 0.1) is 13.5 Å². The second-order valence-corrected chi connectivity index (χ2v) is 5.74. The van der Waals surface area contributed by atoms with Crippen LogP contribution < -0.4 is 4.74 Å². The van der Waals surface area contributed by atoms with Crippen molar-refractivity contribution in [1.29, 1.82) is 0 Å². The molecule has 0 bridgehead atoms. The lowest BCUT2D eigenvalue weighted by Gasteiger charge is -2.37. The van der Waals surface area contributed by atoms with Crippen LogP contribution in [0.4, 0.5) is 0 Å². The first kappa shape index (κ1) is 15.8. The number of amides is 1. The molecule has 0 heterocycles. The maximum absolute atomic E-state index is 12.6. The predicted octanol–water partition coefficient (Wildman–Crippen LogP) is 2.31. The topological polar surface area (TPSA) is 49.8 Å². The smallest absolute Gasteiger partial charge is 0.227 e. The summed E-state index contributed by atoms with van der Waals surface area (Å²) in [5.41, 5.74) is 2.07. The van der Waals surface area contributed by atoms with Crippen molar-refractivity contribution >= 4 is 5.91 Å². The molecule has 2 rings (SSSR count). The Balaban J connectivity index is 2.08. The van der Waals surface area contributed by atoms with Crippen molar-refractivity contribution in [1.82, 2.24) is 4.90 Å². The number of aryl methyl sites for hydroxylation is 1. The number of aliphatic hydroxyl groups excluding tert-OH is 1. The summed E-state index contributed by atoms with van der Waals surface area (Å²) >= 11 is 0. The molecule has 0 unspecified atom stereocenters. The van der Waals surface area contributed by atoms with Crippen LogP contribution in [-0.2, 0) is 11.2 Å². The van der Waals surface area contributed by atoms with Gasteiger partial charge < -0.3 is 14.7 Å². The summed E-state index contributed by atoms with van der Waals surface area (Å²) in [5.74, 6) is 0.904. The Morgan fingerprint density at radius 3 is 2.76 bits per heavy atom. The number of nitrogens with zero attached hydrogens (tertiary/aromatic N) is 1. The lowest BCUT2D eigenvalue weighted by molar-refractivity contribution is -0.134. The number of carbonyl (C=O) groups excluding carboxylic acids is 1. The van der Waals surface area contributed by atoms with Crippen molar-refractivity contribution in [2.75, 3.05) is 20.3 Å².